The van der Waals surface area contributed by atoms with Crippen LogP contribution in [-0.4, -0.2) is 29.2 Å². The van der Waals surface area contributed by atoms with Gasteiger partial charge in [0.1, 0.15) is 24.7 Å². The number of nitrogens with zero attached hydrogens (tertiary/aromatic N) is 1. The number of benzene rings is 3. The average molecular weight is 472 g/mol. The third-order valence-corrected chi connectivity index (χ3v) is 4.64. The van der Waals surface area contributed by atoms with E-state index in [-0.39, 0.29) is 28.0 Å². The van der Waals surface area contributed by atoms with E-state index in [1.807, 2.05) is 30.3 Å². The third kappa shape index (κ3) is 6.40. The van der Waals surface area contributed by atoms with Gasteiger partial charge in [-0.2, -0.15) is 0 Å². The molecule has 0 radical (unpaired) electrons. The van der Waals surface area contributed by atoms with Crippen molar-refractivity contribution in [3.8, 4) is 11.5 Å². The zero-order valence-corrected chi connectivity index (χ0v) is 18.2. The van der Waals surface area contributed by atoms with Crippen molar-refractivity contribution in [2.24, 2.45) is 0 Å². The van der Waals surface area contributed by atoms with Crippen LogP contribution < -0.4 is 20.1 Å². The van der Waals surface area contributed by atoms with Crippen LogP contribution in [0.25, 0.3) is 0 Å². The van der Waals surface area contributed by atoms with Gasteiger partial charge in [-0.3, -0.25) is 20.2 Å². The van der Waals surface area contributed by atoms with Gasteiger partial charge < -0.3 is 14.8 Å². The number of thiocarbonyl (C=S) groups is 1. The van der Waals surface area contributed by atoms with E-state index in [9.17, 15) is 14.9 Å². The third-order valence-electron chi connectivity index (χ3n) is 4.12. The molecule has 1 amide bonds. The van der Waals surface area contributed by atoms with E-state index in [2.05, 4.69) is 10.6 Å². The van der Waals surface area contributed by atoms with Crippen LogP contribution in [0.3, 0.4) is 0 Å². The molecule has 0 aromatic heterocycles. The predicted molar refractivity (Wildman–Crippen MR) is 126 cm³/mol. The maximum atomic E-state index is 12.7. The number of hydrogen-bond acceptors (Lipinski definition) is 6. The highest BCUT2D eigenvalue weighted by atomic mass is 35.5. The number of non-ortho nitro benzene ring substituents is 1. The molecule has 0 aliphatic rings. The lowest BCUT2D eigenvalue weighted by molar-refractivity contribution is -0.384. The lowest BCUT2D eigenvalue weighted by atomic mass is 10.2. The number of amides is 1. The molecule has 0 aliphatic carbocycles. The molecule has 32 heavy (non-hydrogen) atoms. The number of halogens is 1. The molecular weight excluding hydrogens is 454 g/mol. The fourth-order valence-corrected chi connectivity index (χ4v) is 3.08. The maximum Gasteiger partial charge on any atom is 0.271 e. The number of carbonyl (C=O) groups is 1. The van der Waals surface area contributed by atoms with Crippen molar-refractivity contribution in [3.63, 3.8) is 0 Å². The number of nitro groups is 1. The Bertz CT molecular complexity index is 1130. The Balaban J connectivity index is 1.56. The SMILES string of the molecule is O=C(NC(=S)Nc1ccc([N+](=O)[O-])cc1Cl)c1ccccc1OCCOc1ccccc1. The molecule has 8 nitrogen and oxygen atoms in total. The molecule has 0 aliphatic heterocycles. The summed E-state index contributed by atoms with van der Waals surface area (Å²) in [5, 5.41) is 16.2. The standard InChI is InChI=1S/C22H18ClN3O5S/c23-18-14-15(26(28)29)10-11-19(18)24-22(32)25-21(27)17-8-4-5-9-20(17)31-13-12-30-16-6-2-1-3-7-16/h1-11,14H,12-13H2,(H2,24,25,27,32). The molecule has 2 N–H and O–H groups in total. The molecule has 0 fully saturated rings. The summed E-state index contributed by atoms with van der Waals surface area (Å²) in [6, 6.07) is 19.9. The second kappa shape index (κ2) is 11.1. The molecular formula is C22H18ClN3O5S. The number of ether oxygens (including phenoxy) is 2. The van der Waals surface area contributed by atoms with Gasteiger partial charge in [0.25, 0.3) is 11.6 Å². The maximum absolute atomic E-state index is 12.7. The number of rotatable bonds is 8. The van der Waals surface area contributed by atoms with Gasteiger partial charge in [-0.25, -0.2) is 0 Å². The molecule has 0 unspecified atom stereocenters. The number of carbonyl (C=O) groups excluding carboxylic acids is 1. The minimum atomic E-state index is -0.558. The number of nitrogens with one attached hydrogen (secondary N) is 2. The normalized spacial score (nSPS) is 10.2. The Hall–Kier alpha value is -3.69. The summed E-state index contributed by atoms with van der Waals surface area (Å²) < 4.78 is 11.3. The lowest BCUT2D eigenvalue weighted by Gasteiger charge is -2.14. The van der Waals surface area contributed by atoms with E-state index in [0.717, 1.165) is 5.75 Å². The number of hydrogen-bond donors (Lipinski definition) is 2. The molecule has 0 saturated carbocycles. The molecule has 3 aromatic rings. The van der Waals surface area contributed by atoms with Gasteiger partial charge in [0.05, 0.1) is 21.2 Å². The van der Waals surface area contributed by atoms with Crippen molar-refractivity contribution in [1.29, 1.82) is 0 Å². The van der Waals surface area contributed by atoms with E-state index >= 15 is 0 Å². The zero-order valence-electron chi connectivity index (χ0n) is 16.6. The second-order valence-electron chi connectivity index (χ2n) is 6.34. The lowest BCUT2D eigenvalue weighted by Crippen LogP contribution is -2.34. The fourth-order valence-electron chi connectivity index (χ4n) is 2.65. The molecule has 164 valence electrons. The molecule has 0 bridgehead atoms. The first-order valence-corrected chi connectivity index (χ1v) is 10.2. The zero-order chi connectivity index (χ0) is 22.9. The van der Waals surface area contributed by atoms with E-state index in [1.165, 1.54) is 18.2 Å². The van der Waals surface area contributed by atoms with Crippen molar-refractivity contribution in [2.45, 2.75) is 0 Å². The molecule has 3 rings (SSSR count). The van der Waals surface area contributed by atoms with E-state index in [1.54, 1.807) is 24.3 Å². The van der Waals surface area contributed by atoms with Crippen LogP contribution in [0, 0.1) is 10.1 Å². The summed E-state index contributed by atoms with van der Waals surface area (Å²) >= 11 is 11.2. The summed E-state index contributed by atoms with van der Waals surface area (Å²) in [6.07, 6.45) is 0. The topological polar surface area (TPSA) is 103 Å². The summed E-state index contributed by atoms with van der Waals surface area (Å²) in [5.41, 5.74) is 0.453. The Morgan fingerprint density at radius 2 is 1.69 bits per heavy atom. The van der Waals surface area contributed by atoms with Gasteiger partial charge in [0, 0.05) is 12.1 Å². The predicted octanol–water partition coefficient (Wildman–Crippen LogP) is 4.83. The summed E-state index contributed by atoms with van der Waals surface area (Å²) in [4.78, 5) is 22.9. The van der Waals surface area contributed by atoms with Crippen LogP contribution in [0.15, 0.2) is 72.8 Å². The largest absolute Gasteiger partial charge is 0.490 e. The van der Waals surface area contributed by atoms with Crippen LogP contribution >= 0.6 is 23.8 Å². The minimum absolute atomic E-state index is 0.0204. The molecule has 0 spiro atoms. The highest BCUT2D eigenvalue weighted by Gasteiger charge is 2.15. The fraction of sp³-hybridized carbons (Fsp3) is 0.0909. The van der Waals surface area contributed by atoms with E-state index in [4.69, 9.17) is 33.3 Å². The first kappa shape index (κ1) is 23.0. The van der Waals surface area contributed by atoms with Crippen molar-refractivity contribution in [2.75, 3.05) is 18.5 Å². The summed E-state index contributed by atoms with van der Waals surface area (Å²) in [5.74, 6) is 0.612. The number of anilines is 1. The molecule has 3 aromatic carbocycles. The number of para-hydroxylation sites is 2. The first-order valence-electron chi connectivity index (χ1n) is 9.40. The van der Waals surface area contributed by atoms with Gasteiger partial charge in [-0.05, 0) is 42.5 Å². The Kier molecular flexibility index (Phi) is 7.96. The van der Waals surface area contributed by atoms with Crippen LogP contribution in [0.1, 0.15) is 10.4 Å². The summed E-state index contributed by atoms with van der Waals surface area (Å²) in [7, 11) is 0. The molecule has 0 atom stereocenters. The van der Waals surface area contributed by atoms with Gasteiger partial charge in [-0.15, -0.1) is 0 Å². The molecule has 10 heteroatoms. The minimum Gasteiger partial charge on any atom is -0.490 e. The Morgan fingerprint density at radius 1 is 1.00 bits per heavy atom. The van der Waals surface area contributed by atoms with Crippen LogP contribution in [0.5, 0.6) is 11.5 Å². The highest BCUT2D eigenvalue weighted by Crippen LogP contribution is 2.26. The average Bonchev–Trinajstić information content (AvgIpc) is 2.79. The Labute approximate surface area is 194 Å². The monoisotopic (exact) mass is 471 g/mol. The van der Waals surface area contributed by atoms with E-state index in [0.29, 0.717) is 18.0 Å². The van der Waals surface area contributed by atoms with Gasteiger partial charge >= 0.3 is 0 Å². The summed E-state index contributed by atoms with van der Waals surface area (Å²) in [6.45, 7) is 0.541. The molecule has 0 saturated heterocycles. The van der Waals surface area contributed by atoms with E-state index < -0.39 is 10.8 Å². The van der Waals surface area contributed by atoms with Crippen molar-refractivity contribution in [3.05, 3.63) is 93.5 Å². The second-order valence-corrected chi connectivity index (χ2v) is 7.15. The number of nitro benzene ring substituents is 1. The van der Waals surface area contributed by atoms with Crippen LogP contribution in [0.4, 0.5) is 11.4 Å². The van der Waals surface area contributed by atoms with Gasteiger partial charge in [0.2, 0.25) is 0 Å². The van der Waals surface area contributed by atoms with Crippen LogP contribution in [-0.2, 0) is 0 Å². The van der Waals surface area contributed by atoms with Gasteiger partial charge in [-0.1, -0.05) is 41.9 Å². The molecule has 0 heterocycles. The van der Waals surface area contributed by atoms with Crippen LogP contribution in [0.2, 0.25) is 5.02 Å². The Morgan fingerprint density at radius 3 is 2.41 bits per heavy atom. The van der Waals surface area contributed by atoms with Gasteiger partial charge in [0.15, 0.2) is 5.11 Å². The van der Waals surface area contributed by atoms with Crippen molar-refractivity contribution in [1.82, 2.24) is 5.32 Å². The highest BCUT2D eigenvalue weighted by molar-refractivity contribution is 7.80. The smallest absolute Gasteiger partial charge is 0.271 e. The first-order chi connectivity index (χ1) is 15.4. The van der Waals surface area contributed by atoms with Crippen molar-refractivity contribution < 1.29 is 19.2 Å². The quantitative estimate of drug-likeness (QED) is 0.210. The van der Waals surface area contributed by atoms with Crippen molar-refractivity contribution >= 4 is 46.2 Å².